The molecule has 0 radical (unpaired) electrons. The van der Waals surface area contributed by atoms with E-state index < -0.39 is 17.7 Å². The molecule has 0 aromatic carbocycles. The van der Waals surface area contributed by atoms with E-state index in [0.717, 1.165) is 11.0 Å². The average molecular weight is 499 g/mol. The summed E-state index contributed by atoms with van der Waals surface area (Å²) in [4.78, 5) is 25.0. The lowest BCUT2D eigenvalue weighted by Gasteiger charge is -2.22. The Bertz CT molecular complexity index is 1660. The van der Waals surface area contributed by atoms with Gasteiger partial charge in [0, 0.05) is 12.4 Å². The first-order valence-corrected chi connectivity index (χ1v) is 11.5. The summed E-state index contributed by atoms with van der Waals surface area (Å²) in [5, 5.41) is 29.1. The van der Waals surface area contributed by atoms with Gasteiger partial charge >= 0.3 is 0 Å². The molecule has 0 saturated heterocycles. The zero-order chi connectivity index (χ0) is 26.2. The van der Waals surface area contributed by atoms with Crippen LogP contribution >= 0.6 is 0 Å². The number of nitrogens with zero attached hydrogens (tertiary/aromatic N) is 5. The van der Waals surface area contributed by atoms with E-state index in [1.54, 1.807) is 29.0 Å². The van der Waals surface area contributed by atoms with E-state index in [1.807, 2.05) is 24.3 Å². The van der Waals surface area contributed by atoms with Crippen LogP contribution in [-0.2, 0) is 0 Å². The molecule has 4 N–H and O–H groups in total. The van der Waals surface area contributed by atoms with Gasteiger partial charge in [-0.1, -0.05) is 0 Å². The predicted octanol–water partition coefficient (Wildman–Crippen LogP) is 3.73. The van der Waals surface area contributed by atoms with Crippen molar-refractivity contribution in [1.29, 1.82) is 5.26 Å². The minimum Gasteiger partial charge on any atom is -0.387 e. The Balaban J connectivity index is 1.52. The summed E-state index contributed by atoms with van der Waals surface area (Å²) in [7, 11) is 0. The maximum absolute atomic E-state index is 14.3. The fraction of sp³-hybridized carbons (Fsp3) is 0.192. The summed E-state index contributed by atoms with van der Waals surface area (Å²) in [6.45, 7) is 2.31. The van der Waals surface area contributed by atoms with Gasteiger partial charge in [0.05, 0.1) is 75.0 Å². The number of nitriles is 1. The van der Waals surface area contributed by atoms with Crippen LogP contribution in [0.5, 0.6) is 0 Å². The van der Waals surface area contributed by atoms with E-state index in [0.29, 0.717) is 33.8 Å². The van der Waals surface area contributed by atoms with E-state index in [2.05, 4.69) is 36.8 Å². The lowest BCUT2D eigenvalue weighted by atomic mass is 10.0. The van der Waals surface area contributed by atoms with Crippen molar-refractivity contribution >= 4 is 33.8 Å². The molecule has 0 fully saturated rings. The van der Waals surface area contributed by atoms with Gasteiger partial charge in [-0.05, 0) is 50.2 Å². The van der Waals surface area contributed by atoms with Crippen LogP contribution in [0.15, 0.2) is 61.2 Å². The third kappa shape index (κ3) is 4.82. The number of rotatable bonds is 7. The van der Waals surface area contributed by atoms with E-state index in [-0.39, 0.29) is 12.1 Å². The zero-order valence-corrected chi connectivity index (χ0v) is 20.0. The Kier molecular flexibility index (Phi) is 6.02. The lowest BCUT2D eigenvalue weighted by molar-refractivity contribution is -0.00177. The number of amides is 1. The number of aromatic amines is 1. The number of carbonyl (C=O) groups is 1. The van der Waals surface area contributed by atoms with Crippen molar-refractivity contribution in [2.24, 2.45) is 0 Å². The summed E-state index contributed by atoms with van der Waals surface area (Å²) >= 11 is 0. The van der Waals surface area contributed by atoms with Crippen molar-refractivity contribution in [2.45, 2.75) is 25.6 Å². The molecule has 0 aliphatic carbocycles. The van der Waals surface area contributed by atoms with Gasteiger partial charge in [-0.2, -0.15) is 10.4 Å². The van der Waals surface area contributed by atoms with E-state index in [1.165, 1.54) is 26.2 Å². The zero-order valence-electron chi connectivity index (χ0n) is 20.0. The highest BCUT2D eigenvalue weighted by Gasteiger charge is 2.27. The SMILES string of the molecule is CC(C)(O)[C@H](F)CNC(=O)c1cnc(-c2ccc3cc(C#N)cnn23)cc1Nc1cnc2cc[nH]c2c1. The van der Waals surface area contributed by atoms with Crippen LogP contribution in [0, 0.1) is 11.3 Å². The number of aromatic nitrogens is 5. The van der Waals surface area contributed by atoms with Gasteiger partial charge in [-0.3, -0.25) is 14.8 Å². The molecule has 10 nitrogen and oxygen atoms in total. The highest BCUT2D eigenvalue weighted by Crippen LogP contribution is 2.28. The van der Waals surface area contributed by atoms with Crippen LogP contribution in [0.3, 0.4) is 0 Å². The van der Waals surface area contributed by atoms with Crippen molar-refractivity contribution in [3.05, 3.63) is 72.3 Å². The third-order valence-electron chi connectivity index (χ3n) is 5.93. The van der Waals surface area contributed by atoms with E-state index >= 15 is 0 Å². The van der Waals surface area contributed by atoms with Crippen LogP contribution in [0.4, 0.5) is 15.8 Å². The summed E-state index contributed by atoms with van der Waals surface area (Å²) < 4.78 is 15.9. The number of pyridine rings is 2. The number of alkyl halides is 1. The second-order valence-electron chi connectivity index (χ2n) is 9.12. The number of hydrogen-bond acceptors (Lipinski definition) is 7. The van der Waals surface area contributed by atoms with E-state index in [4.69, 9.17) is 5.26 Å². The van der Waals surface area contributed by atoms with Gasteiger partial charge in [0.2, 0.25) is 0 Å². The number of H-pyrrole nitrogens is 1. The molecular formula is C26H23FN8O2. The van der Waals surface area contributed by atoms with E-state index in [9.17, 15) is 14.3 Å². The molecule has 5 rings (SSSR count). The number of hydrogen-bond donors (Lipinski definition) is 4. The van der Waals surface area contributed by atoms with Crippen molar-refractivity contribution in [2.75, 3.05) is 11.9 Å². The molecule has 0 unspecified atom stereocenters. The number of halogens is 1. The second-order valence-corrected chi connectivity index (χ2v) is 9.12. The Morgan fingerprint density at radius 3 is 2.84 bits per heavy atom. The smallest absolute Gasteiger partial charge is 0.255 e. The first kappa shape index (κ1) is 23.9. The standard InChI is InChI=1S/C26H23FN8O2/c1-26(2,37)24(27)14-32-25(36)18-13-31-22(23-4-3-17-7-15(10-28)11-33-35(17)23)9-20(18)34-16-8-21-19(30-12-16)5-6-29-21/h3-9,11-13,24,29,37H,14H2,1-2H3,(H,31,34)(H,32,36)/t24-/m1/s1. The molecule has 186 valence electrons. The first-order chi connectivity index (χ1) is 17.7. The molecule has 0 aliphatic rings. The second kappa shape index (κ2) is 9.33. The summed E-state index contributed by atoms with van der Waals surface area (Å²) in [6, 6.07) is 12.8. The minimum atomic E-state index is -1.66. The van der Waals surface area contributed by atoms with Crippen molar-refractivity contribution in [1.82, 2.24) is 29.9 Å². The van der Waals surface area contributed by atoms with Crippen LogP contribution in [0.2, 0.25) is 0 Å². The highest BCUT2D eigenvalue weighted by atomic mass is 19.1. The molecular weight excluding hydrogens is 475 g/mol. The van der Waals surface area contributed by atoms with Gasteiger partial charge in [0.25, 0.3) is 5.91 Å². The molecule has 0 spiro atoms. The number of aliphatic hydroxyl groups is 1. The maximum Gasteiger partial charge on any atom is 0.255 e. The Morgan fingerprint density at radius 2 is 2.05 bits per heavy atom. The van der Waals surface area contributed by atoms with Crippen LogP contribution < -0.4 is 10.6 Å². The Labute approximate surface area is 210 Å². The Morgan fingerprint density at radius 1 is 1.22 bits per heavy atom. The number of nitrogens with one attached hydrogen (secondary N) is 3. The molecule has 37 heavy (non-hydrogen) atoms. The molecule has 11 heteroatoms. The number of anilines is 2. The topological polar surface area (TPSA) is 144 Å². The molecule has 0 aliphatic heterocycles. The summed E-state index contributed by atoms with van der Waals surface area (Å²) in [6.07, 6.45) is 4.62. The van der Waals surface area contributed by atoms with Crippen LogP contribution in [0.25, 0.3) is 27.9 Å². The predicted molar refractivity (Wildman–Crippen MR) is 136 cm³/mol. The van der Waals surface area contributed by atoms with Crippen molar-refractivity contribution < 1.29 is 14.3 Å². The lowest BCUT2D eigenvalue weighted by Crippen LogP contribution is -2.42. The maximum atomic E-state index is 14.3. The van der Waals surface area contributed by atoms with Gasteiger partial charge in [0.1, 0.15) is 12.2 Å². The van der Waals surface area contributed by atoms with Gasteiger partial charge in [-0.25, -0.2) is 8.91 Å². The van der Waals surface area contributed by atoms with Crippen molar-refractivity contribution in [3.8, 4) is 17.5 Å². The molecule has 0 bridgehead atoms. The normalized spacial score (nSPS) is 12.4. The van der Waals surface area contributed by atoms with Crippen molar-refractivity contribution in [3.63, 3.8) is 0 Å². The van der Waals surface area contributed by atoms with Crippen LogP contribution in [0.1, 0.15) is 29.8 Å². The third-order valence-corrected chi connectivity index (χ3v) is 5.93. The quantitative estimate of drug-likeness (QED) is 0.268. The number of fused-ring (bicyclic) bond motifs is 2. The fourth-order valence-corrected chi connectivity index (χ4v) is 3.82. The Hall–Kier alpha value is -4.82. The monoisotopic (exact) mass is 498 g/mol. The minimum absolute atomic E-state index is 0.180. The molecule has 5 aromatic heterocycles. The number of carbonyl (C=O) groups excluding carboxylic acids is 1. The highest BCUT2D eigenvalue weighted by molar-refractivity contribution is 6.00. The molecule has 0 saturated carbocycles. The largest absolute Gasteiger partial charge is 0.387 e. The average Bonchev–Trinajstić information content (AvgIpc) is 3.52. The molecule has 5 aromatic rings. The molecule has 5 heterocycles. The van der Waals surface area contributed by atoms with Gasteiger partial charge in [0.15, 0.2) is 0 Å². The molecule has 1 atom stereocenters. The van der Waals surface area contributed by atoms with Crippen LogP contribution in [-0.4, -0.2) is 53.9 Å². The first-order valence-electron chi connectivity index (χ1n) is 11.5. The summed E-state index contributed by atoms with van der Waals surface area (Å²) in [5.41, 5.74) is 3.55. The van der Waals surface area contributed by atoms with Gasteiger partial charge in [-0.15, -0.1) is 0 Å². The van der Waals surface area contributed by atoms with Gasteiger partial charge < -0.3 is 20.7 Å². The summed E-state index contributed by atoms with van der Waals surface area (Å²) in [5.74, 6) is -0.556. The molecule has 1 amide bonds. The fourth-order valence-electron chi connectivity index (χ4n) is 3.82.